The molecule has 0 spiro atoms. The minimum atomic E-state index is -0.258. The summed E-state index contributed by atoms with van der Waals surface area (Å²) in [6, 6.07) is 22.0. The summed E-state index contributed by atoms with van der Waals surface area (Å²) in [6.07, 6.45) is 0. The van der Waals surface area contributed by atoms with Gasteiger partial charge in [-0.05, 0) is 48.5 Å². The van der Waals surface area contributed by atoms with Gasteiger partial charge in [0.1, 0.15) is 11.6 Å². The lowest BCUT2D eigenvalue weighted by Crippen LogP contribution is -2.12. The van der Waals surface area contributed by atoms with Crippen LogP contribution in [0.15, 0.2) is 72.8 Å². The number of nitrogens with one attached hydrogen (secondary N) is 2. The standard InChI is InChI=1S/C23H14Cl2N4O/c24-15-5-3-6-16(25)21(15)22-27-18-10-8-14(12-19(18)28-22)23(30)29-20-11-9-13-4-1-2-7-17(13)26-20/h1-12H,(H,27,28)(H,26,29,30). The van der Waals surface area contributed by atoms with E-state index in [-0.39, 0.29) is 5.91 Å². The number of benzene rings is 3. The Morgan fingerprint density at radius 2 is 1.63 bits per heavy atom. The quantitative estimate of drug-likeness (QED) is 0.349. The molecule has 5 rings (SSSR count). The summed E-state index contributed by atoms with van der Waals surface area (Å²) in [7, 11) is 0. The zero-order chi connectivity index (χ0) is 20.7. The summed E-state index contributed by atoms with van der Waals surface area (Å²) in [6.45, 7) is 0. The van der Waals surface area contributed by atoms with Crippen molar-refractivity contribution in [2.45, 2.75) is 0 Å². The largest absolute Gasteiger partial charge is 0.338 e. The van der Waals surface area contributed by atoms with Crippen molar-refractivity contribution in [3.05, 3.63) is 88.4 Å². The van der Waals surface area contributed by atoms with Crippen LogP contribution in [0.5, 0.6) is 0 Å². The number of para-hydroxylation sites is 1. The fourth-order valence-corrected chi connectivity index (χ4v) is 3.89. The number of carbonyl (C=O) groups is 1. The van der Waals surface area contributed by atoms with Crippen molar-refractivity contribution >= 4 is 56.9 Å². The number of hydrogen-bond donors (Lipinski definition) is 2. The van der Waals surface area contributed by atoms with Crippen LogP contribution in [0.4, 0.5) is 5.82 Å². The lowest BCUT2D eigenvalue weighted by Gasteiger charge is -2.06. The van der Waals surface area contributed by atoms with Gasteiger partial charge in [-0.3, -0.25) is 4.79 Å². The van der Waals surface area contributed by atoms with E-state index < -0.39 is 0 Å². The van der Waals surface area contributed by atoms with Gasteiger partial charge in [0, 0.05) is 10.9 Å². The van der Waals surface area contributed by atoms with Crippen LogP contribution in [0.3, 0.4) is 0 Å². The predicted molar refractivity (Wildman–Crippen MR) is 121 cm³/mol. The van der Waals surface area contributed by atoms with E-state index in [4.69, 9.17) is 23.2 Å². The third-order valence-electron chi connectivity index (χ3n) is 4.78. The zero-order valence-electron chi connectivity index (χ0n) is 15.5. The molecule has 3 aromatic carbocycles. The lowest BCUT2D eigenvalue weighted by atomic mass is 10.2. The molecule has 30 heavy (non-hydrogen) atoms. The fourth-order valence-electron chi connectivity index (χ4n) is 3.32. The van der Waals surface area contributed by atoms with E-state index in [1.807, 2.05) is 30.3 Å². The normalized spacial score (nSPS) is 11.1. The maximum atomic E-state index is 12.8. The van der Waals surface area contributed by atoms with E-state index in [9.17, 15) is 4.79 Å². The maximum Gasteiger partial charge on any atom is 0.256 e. The molecule has 0 saturated heterocycles. The molecule has 146 valence electrons. The Hall–Kier alpha value is -3.41. The molecule has 0 unspecified atom stereocenters. The Labute approximate surface area is 181 Å². The Bertz CT molecular complexity index is 1410. The third-order valence-corrected chi connectivity index (χ3v) is 5.41. The molecule has 1 amide bonds. The van der Waals surface area contributed by atoms with Gasteiger partial charge in [-0.2, -0.15) is 0 Å². The third kappa shape index (κ3) is 3.38. The van der Waals surface area contributed by atoms with E-state index in [1.165, 1.54) is 0 Å². The molecule has 0 bridgehead atoms. The van der Waals surface area contributed by atoms with Crippen molar-refractivity contribution in [2.24, 2.45) is 0 Å². The maximum absolute atomic E-state index is 12.8. The van der Waals surface area contributed by atoms with Crippen molar-refractivity contribution in [1.29, 1.82) is 0 Å². The van der Waals surface area contributed by atoms with Crippen LogP contribution in [-0.4, -0.2) is 20.9 Å². The Morgan fingerprint density at radius 1 is 0.833 bits per heavy atom. The van der Waals surface area contributed by atoms with Crippen LogP contribution >= 0.6 is 23.2 Å². The SMILES string of the molecule is O=C(Nc1ccc2ccccc2n1)c1ccc2nc(-c3c(Cl)cccc3Cl)[nH]c2c1. The van der Waals surface area contributed by atoms with E-state index in [0.717, 1.165) is 10.9 Å². The molecule has 2 aromatic heterocycles. The number of amides is 1. The van der Waals surface area contributed by atoms with Gasteiger partial charge in [0.05, 0.1) is 32.2 Å². The van der Waals surface area contributed by atoms with Crippen molar-refractivity contribution in [2.75, 3.05) is 5.32 Å². The molecule has 0 aliphatic rings. The van der Waals surface area contributed by atoms with Gasteiger partial charge >= 0.3 is 0 Å². The highest BCUT2D eigenvalue weighted by Gasteiger charge is 2.14. The zero-order valence-corrected chi connectivity index (χ0v) is 17.0. The first-order chi connectivity index (χ1) is 14.6. The summed E-state index contributed by atoms with van der Waals surface area (Å²) >= 11 is 12.6. The number of carbonyl (C=O) groups excluding carboxylic acids is 1. The first-order valence-electron chi connectivity index (χ1n) is 9.20. The van der Waals surface area contributed by atoms with Gasteiger partial charge in [-0.1, -0.05) is 47.5 Å². The number of pyridine rings is 1. The van der Waals surface area contributed by atoms with Crippen molar-refractivity contribution in [3.8, 4) is 11.4 Å². The molecule has 0 aliphatic heterocycles. The average molecular weight is 433 g/mol. The number of halogens is 2. The molecule has 0 atom stereocenters. The second-order valence-electron chi connectivity index (χ2n) is 6.76. The van der Waals surface area contributed by atoms with E-state index in [0.29, 0.717) is 43.8 Å². The highest BCUT2D eigenvalue weighted by Crippen LogP contribution is 2.34. The smallest absolute Gasteiger partial charge is 0.256 e. The highest BCUT2D eigenvalue weighted by atomic mass is 35.5. The molecule has 0 aliphatic carbocycles. The number of rotatable bonds is 3. The van der Waals surface area contributed by atoms with Gasteiger partial charge < -0.3 is 10.3 Å². The van der Waals surface area contributed by atoms with Gasteiger partial charge in [0.25, 0.3) is 5.91 Å². The number of anilines is 1. The lowest BCUT2D eigenvalue weighted by molar-refractivity contribution is 0.102. The first-order valence-corrected chi connectivity index (χ1v) is 9.95. The van der Waals surface area contributed by atoms with Gasteiger partial charge in [0.2, 0.25) is 0 Å². The van der Waals surface area contributed by atoms with Crippen molar-refractivity contribution in [1.82, 2.24) is 15.0 Å². The predicted octanol–water partition coefficient (Wildman–Crippen LogP) is 6.34. The first kappa shape index (κ1) is 18.6. The summed E-state index contributed by atoms with van der Waals surface area (Å²) in [5.74, 6) is 0.785. The van der Waals surface area contributed by atoms with Crippen molar-refractivity contribution < 1.29 is 4.79 Å². The van der Waals surface area contributed by atoms with E-state index in [2.05, 4.69) is 20.3 Å². The van der Waals surface area contributed by atoms with Crippen LogP contribution in [0.2, 0.25) is 10.0 Å². The van der Waals surface area contributed by atoms with Crippen LogP contribution in [-0.2, 0) is 0 Å². The minimum Gasteiger partial charge on any atom is -0.338 e. The summed E-state index contributed by atoms with van der Waals surface area (Å²) in [5.41, 5.74) is 3.35. The number of fused-ring (bicyclic) bond motifs is 2. The molecule has 5 nitrogen and oxygen atoms in total. The Morgan fingerprint density at radius 3 is 2.47 bits per heavy atom. The molecular weight excluding hydrogens is 419 g/mol. The van der Waals surface area contributed by atoms with Gasteiger partial charge in [0.15, 0.2) is 0 Å². The highest BCUT2D eigenvalue weighted by molar-refractivity contribution is 6.39. The monoisotopic (exact) mass is 432 g/mol. The second kappa shape index (κ2) is 7.44. The van der Waals surface area contributed by atoms with E-state index >= 15 is 0 Å². The van der Waals surface area contributed by atoms with Crippen LogP contribution in [0.1, 0.15) is 10.4 Å². The molecule has 0 fully saturated rings. The van der Waals surface area contributed by atoms with Crippen molar-refractivity contribution in [3.63, 3.8) is 0 Å². The summed E-state index contributed by atoms with van der Waals surface area (Å²) in [5, 5.41) is 4.86. The number of aromatic nitrogens is 3. The molecule has 2 heterocycles. The number of hydrogen-bond acceptors (Lipinski definition) is 3. The molecular formula is C23H14Cl2N4O. The number of nitrogens with zero attached hydrogens (tertiary/aromatic N) is 2. The van der Waals surface area contributed by atoms with Gasteiger partial charge in [-0.15, -0.1) is 0 Å². The molecule has 5 aromatic rings. The molecule has 7 heteroatoms. The van der Waals surface area contributed by atoms with Gasteiger partial charge in [-0.25, -0.2) is 9.97 Å². The Kier molecular flexibility index (Phi) is 4.62. The summed E-state index contributed by atoms with van der Waals surface area (Å²) < 4.78 is 0. The Balaban J connectivity index is 1.46. The topological polar surface area (TPSA) is 70.7 Å². The fraction of sp³-hybridized carbons (Fsp3) is 0. The van der Waals surface area contributed by atoms with Crippen LogP contribution in [0, 0.1) is 0 Å². The molecule has 0 radical (unpaired) electrons. The van der Waals surface area contributed by atoms with Crippen LogP contribution < -0.4 is 5.32 Å². The number of aromatic amines is 1. The average Bonchev–Trinajstić information content (AvgIpc) is 3.16. The van der Waals surface area contributed by atoms with E-state index in [1.54, 1.807) is 42.5 Å². The molecule has 0 saturated carbocycles. The molecule has 2 N–H and O–H groups in total. The van der Waals surface area contributed by atoms with Crippen LogP contribution in [0.25, 0.3) is 33.3 Å². The second-order valence-corrected chi connectivity index (χ2v) is 7.57. The number of H-pyrrole nitrogens is 1. The summed E-state index contributed by atoms with van der Waals surface area (Å²) in [4.78, 5) is 25.0. The number of imidazole rings is 1. The minimum absolute atomic E-state index is 0.258.